The van der Waals surface area contributed by atoms with Crippen molar-refractivity contribution in [1.82, 2.24) is 0 Å². The van der Waals surface area contributed by atoms with Gasteiger partial charge in [0.25, 0.3) is 5.91 Å². The number of halogens is 2. The van der Waals surface area contributed by atoms with Crippen molar-refractivity contribution in [2.24, 2.45) is 0 Å². The molecule has 0 aliphatic carbocycles. The molecule has 3 rings (SSSR count). The summed E-state index contributed by atoms with van der Waals surface area (Å²) in [4.78, 5) is 15.0. The summed E-state index contributed by atoms with van der Waals surface area (Å²) in [5.41, 5.74) is 1.55. The third-order valence-corrected chi connectivity index (χ3v) is 6.08. The minimum Gasteiger partial charge on any atom is -0.493 e. The molecule has 1 saturated heterocycles. The van der Waals surface area contributed by atoms with Gasteiger partial charge in [-0.2, -0.15) is 0 Å². The average Bonchev–Trinajstić information content (AvgIpc) is 2.90. The number of rotatable bonds is 5. The summed E-state index contributed by atoms with van der Waals surface area (Å²) in [6.07, 6.45) is 1.81. The van der Waals surface area contributed by atoms with E-state index in [-0.39, 0.29) is 5.91 Å². The molecule has 0 bridgehead atoms. The monoisotopic (exact) mass is 527 g/mol. The predicted octanol–water partition coefficient (Wildman–Crippen LogP) is 6.02. The fraction of sp³-hybridized carbons (Fsp3) is 0.158. The normalized spacial score (nSPS) is 15.6. The van der Waals surface area contributed by atoms with Crippen LogP contribution < -0.4 is 14.4 Å². The summed E-state index contributed by atoms with van der Waals surface area (Å²) >= 11 is 13.6. The first-order valence-corrected chi connectivity index (χ1v) is 10.8. The number of hydrogen-bond acceptors (Lipinski definition) is 5. The Kier molecular flexibility index (Phi) is 6.62. The lowest BCUT2D eigenvalue weighted by atomic mass is 10.1. The summed E-state index contributed by atoms with van der Waals surface area (Å²) in [6, 6.07) is 11.2. The molecule has 1 aliphatic rings. The number of hydrogen-bond donors (Lipinski definition) is 0. The number of carbonyl (C=O) groups is 1. The van der Waals surface area contributed by atoms with Gasteiger partial charge in [0.2, 0.25) is 0 Å². The van der Waals surface area contributed by atoms with E-state index in [2.05, 4.69) is 31.9 Å². The summed E-state index contributed by atoms with van der Waals surface area (Å²) in [5, 5.41) is 0. The van der Waals surface area contributed by atoms with E-state index in [0.717, 1.165) is 20.2 Å². The van der Waals surface area contributed by atoms with Crippen LogP contribution in [0.3, 0.4) is 0 Å². The number of ether oxygens (including phenoxy) is 2. The second-order valence-corrected chi connectivity index (χ2v) is 8.91. The number of thiocarbonyl (C=S) groups is 1. The van der Waals surface area contributed by atoms with E-state index in [4.69, 9.17) is 21.7 Å². The number of benzene rings is 2. The van der Waals surface area contributed by atoms with E-state index in [0.29, 0.717) is 27.3 Å². The summed E-state index contributed by atoms with van der Waals surface area (Å²) < 4.78 is 13.2. The second-order valence-electron chi connectivity index (χ2n) is 5.46. The van der Waals surface area contributed by atoms with Crippen LogP contribution in [0.25, 0.3) is 6.08 Å². The van der Waals surface area contributed by atoms with Gasteiger partial charge < -0.3 is 9.47 Å². The van der Waals surface area contributed by atoms with Gasteiger partial charge in [-0.25, -0.2) is 0 Å². The first-order chi connectivity index (χ1) is 12.9. The molecule has 0 spiro atoms. The molecular weight excluding hydrogens is 514 g/mol. The van der Waals surface area contributed by atoms with Crippen molar-refractivity contribution < 1.29 is 14.3 Å². The highest BCUT2D eigenvalue weighted by atomic mass is 79.9. The number of methoxy groups -OCH3 is 1. The van der Waals surface area contributed by atoms with E-state index in [1.807, 2.05) is 43.3 Å². The predicted molar refractivity (Wildman–Crippen MR) is 122 cm³/mol. The Morgan fingerprint density at radius 3 is 2.70 bits per heavy atom. The Morgan fingerprint density at radius 1 is 1.26 bits per heavy atom. The smallest absolute Gasteiger partial charge is 0.270 e. The van der Waals surface area contributed by atoms with Gasteiger partial charge in [0, 0.05) is 4.47 Å². The topological polar surface area (TPSA) is 38.8 Å². The van der Waals surface area contributed by atoms with Crippen molar-refractivity contribution in [3.05, 3.63) is 55.8 Å². The zero-order chi connectivity index (χ0) is 19.6. The van der Waals surface area contributed by atoms with E-state index < -0.39 is 0 Å². The van der Waals surface area contributed by atoms with Crippen LogP contribution >= 0.6 is 55.8 Å². The summed E-state index contributed by atoms with van der Waals surface area (Å²) in [5.74, 6) is 1.09. The molecule has 0 N–H and O–H groups in total. The molecule has 8 heteroatoms. The molecule has 2 aromatic carbocycles. The Hall–Kier alpha value is -1.35. The lowest BCUT2D eigenvalue weighted by Crippen LogP contribution is -2.27. The van der Waals surface area contributed by atoms with Crippen molar-refractivity contribution in [3.63, 3.8) is 0 Å². The van der Waals surface area contributed by atoms with Gasteiger partial charge in [-0.1, -0.05) is 46.0 Å². The van der Waals surface area contributed by atoms with Crippen LogP contribution in [0.5, 0.6) is 11.5 Å². The molecule has 4 nitrogen and oxygen atoms in total. The van der Waals surface area contributed by atoms with E-state index in [1.165, 1.54) is 16.7 Å². The van der Waals surface area contributed by atoms with Crippen molar-refractivity contribution in [3.8, 4) is 11.5 Å². The van der Waals surface area contributed by atoms with E-state index >= 15 is 0 Å². The van der Waals surface area contributed by atoms with Gasteiger partial charge in [0.15, 0.2) is 15.8 Å². The molecule has 0 saturated carbocycles. The van der Waals surface area contributed by atoms with Crippen LogP contribution in [-0.4, -0.2) is 23.9 Å². The largest absolute Gasteiger partial charge is 0.493 e. The minimum atomic E-state index is -0.146. The highest BCUT2D eigenvalue weighted by Crippen LogP contribution is 2.40. The Labute approximate surface area is 184 Å². The number of thioether (sulfide) groups is 1. The first kappa shape index (κ1) is 20.4. The highest BCUT2D eigenvalue weighted by molar-refractivity contribution is 9.10. The molecule has 0 unspecified atom stereocenters. The maximum absolute atomic E-state index is 12.9. The van der Waals surface area contributed by atoms with Crippen LogP contribution in [-0.2, 0) is 4.79 Å². The SMILES string of the molecule is CCOc1c(Br)cc(C=C2SC(=S)N(c3cccc(Br)c3)C2=O)cc1OC. The number of anilines is 1. The Bertz CT molecular complexity index is 947. The van der Waals surface area contributed by atoms with Crippen LogP contribution in [0.1, 0.15) is 12.5 Å². The maximum atomic E-state index is 12.9. The van der Waals surface area contributed by atoms with Gasteiger partial charge >= 0.3 is 0 Å². The third-order valence-electron chi connectivity index (χ3n) is 3.70. The molecule has 1 heterocycles. The molecule has 0 atom stereocenters. The molecule has 140 valence electrons. The number of amides is 1. The molecular formula is C19H15Br2NO3S2. The van der Waals surface area contributed by atoms with Crippen LogP contribution in [0.2, 0.25) is 0 Å². The first-order valence-electron chi connectivity index (χ1n) is 7.98. The fourth-order valence-electron chi connectivity index (χ4n) is 2.56. The average molecular weight is 529 g/mol. The summed E-state index contributed by atoms with van der Waals surface area (Å²) in [6.45, 7) is 2.44. The molecule has 1 aliphatic heterocycles. The molecule has 27 heavy (non-hydrogen) atoms. The molecule has 2 aromatic rings. The van der Waals surface area contributed by atoms with Crippen LogP contribution in [0, 0.1) is 0 Å². The van der Waals surface area contributed by atoms with E-state index in [1.54, 1.807) is 13.2 Å². The summed E-state index contributed by atoms with van der Waals surface area (Å²) in [7, 11) is 1.58. The van der Waals surface area contributed by atoms with Crippen molar-refractivity contribution in [2.45, 2.75) is 6.92 Å². The van der Waals surface area contributed by atoms with Crippen molar-refractivity contribution >= 4 is 77.8 Å². The Morgan fingerprint density at radius 2 is 2.04 bits per heavy atom. The Balaban J connectivity index is 1.95. The zero-order valence-electron chi connectivity index (χ0n) is 14.5. The number of carbonyl (C=O) groups excluding carboxylic acids is 1. The maximum Gasteiger partial charge on any atom is 0.270 e. The molecule has 1 amide bonds. The second kappa shape index (κ2) is 8.77. The van der Waals surface area contributed by atoms with Crippen LogP contribution in [0.15, 0.2) is 50.2 Å². The quantitative estimate of drug-likeness (QED) is 0.350. The van der Waals surface area contributed by atoms with E-state index in [9.17, 15) is 4.79 Å². The van der Waals surface area contributed by atoms with Gasteiger partial charge in [0.1, 0.15) is 0 Å². The van der Waals surface area contributed by atoms with Crippen molar-refractivity contribution in [2.75, 3.05) is 18.6 Å². The van der Waals surface area contributed by atoms with Crippen LogP contribution in [0.4, 0.5) is 5.69 Å². The van der Waals surface area contributed by atoms with Gasteiger partial charge in [0.05, 0.1) is 28.8 Å². The van der Waals surface area contributed by atoms with Gasteiger partial charge in [-0.05, 0) is 64.8 Å². The molecule has 0 aromatic heterocycles. The lowest BCUT2D eigenvalue weighted by Gasteiger charge is -2.14. The van der Waals surface area contributed by atoms with Gasteiger partial charge in [-0.3, -0.25) is 9.69 Å². The molecule has 0 radical (unpaired) electrons. The standard InChI is InChI=1S/C19H15Br2NO3S2/c1-3-25-17-14(21)7-11(8-15(17)24-2)9-16-18(23)22(19(26)27-16)13-6-4-5-12(20)10-13/h4-10H,3H2,1-2H3. The third kappa shape index (κ3) is 4.39. The lowest BCUT2D eigenvalue weighted by molar-refractivity contribution is -0.113. The highest BCUT2D eigenvalue weighted by Gasteiger charge is 2.33. The van der Waals surface area contributed by atoms with Crippen molar-refractivity contribution in [1.29, 1.82) is 0 Å². The fourth-order valence-corrected chi connectivity index (χ4v) is 4.82. The zero-order valence-corrected chi connectivity index (χ0v) is 19.3. The minimum absolute atomic E-state index is 0.146. The van der Waals surface area contributed by atoms with Gasteiger partial charge in [-0.15, -0.1) is 0 Å². The number of nitrogens with zero attached hydrogens (tertiary/aromatic N) is 1. The molecule has 1 fully saturated rings.